The second kappa shape index (κ2) is 9.90. The van der Waals surface area contributed by atoms with Crippen molar-refractivity contribution in [3.05, 3.63) is 35.9 Å². The molecule has 1 unspecified atom stereocenters. The lowest BCUT2D eigenvalue weighted by molar-refractivity contribution is 0.0540. The molecule has 0 bridgehead atoms. The molecule has 2 N–H and O–H groups in total. The Morgan fingerprint density at radius 2 is 1.55 bits per heavy atom. The van der Waals surface area contributed by atoms with Gasteiger partial charge in [-0.05, 0) is 41.5 Å². The first-order chi connectivity index (χ1) is 13.3. The molecule has 1 aromatic carbocycles. The molecule has 2 amide bonds. The van der Waals surface area contributed by atoms with Crippen LogP contribution >= 0.6 is 0 Å². The van der Waals surface area contributed by atoms with Crippen LogP contribution < -0.4 is 10.6 Å². The first-order valence-corrected chi connectivity index (χ1v) is 9.01. The fourth-order valence-electron chi connectivity index (χ4n) is 2.07. The predicted octanol–water partition coefficient (Wildman–Crippen LogP) is 3.25. The standard InChI is InChI=1S/C20H29N3O6/c1-19(2,3)22-18(26)28-15(14(24)13-11-9-8-10-12-13)16(23-27-7)21-17(25)29-20(4,5)6/h8-12,15H,1-7H3,(H,22,26)(H,21,23,25). The summed E-state index contributed by atoms with van der Waals surface area (Å²) in [5.74, 6) is -0.916. The Hall–Kier alpha value is -3.10. The lowest BCUT2D eigenvalue weighted by Gasteiger charge is -2.25. The van der Waals surface area contributed by atoms with Crippen LogP contribution in [0.4, 0.5) is 9.59 Å². The lowest BCUT2D eigenvalue weighted by atomic mass is 10.1. The van der Waals surface area contributed by atoms with E-state index in [-0.39, 0.29) is 11.4 Å². The van der Waals surface area contributed by atoms with E-state index in [0.29, 0.717) is 0 Å². The molecule has 1 rings (SSSR count). The van der Waals surface area contributed by atoms with Crippen molar-refractivity contribution in [2.24, 2.45) is 5.16 Å². The third-order valence-corrected chi connectivity index (χ3v) is 3.07. The zero-order valence-corrected chi connectivity index (χ0v) is 17.9. The van der Waals surface area contributed by atoms with Gasteiger partial charge in [-0.1, -0.05) is 35.5 Å². The number of carbonyl (C=O) groups excluding carboxylic acids is 3. The first kappa shape index (κ1) is 23.9. The minimum absolute atomic E-state index is 0.260. The minimum atomic E-state index is -1.56. The highest BCUT2D eigenvalue weighted by atomic mass is 16.6. The molecule has 0 aromatic heterocycles. The number of oxime groups is 1. The third kappa shape index (κ3) is 9.09. The molecule has 29 heavy (non-hydrogen) atoms. The molecule has 1 atom stereocenters. The SMILES string of the molecule is CO/N=C(/NC(=O)OC(C)(C)C)C(OC(=O)NC(C)(C)C)C(=O)c1ccccc1. The first-order valence-electron chi connectivity index (χ1n) is 9.01. The number of ether oxygens (including phenoxy) is 2. The van der Waals surface area contributed by atoms with Crippen molar-refractivity contribution in [1.29, 1.82) is 0 Å². The third-order valence-electron chi connectivity index (χ3n) is 3.07. The molecular weight excluding hydrogens is 378 g/mol. The summed E-state index contributed by atoms with van der Waals surface area (Å²) in [7, 11) is 1.23. The van der Waals surface area contributed by atoms with E-state index < -0.39 is 35.2 Å². The molecule has 0 saturated carbocycles. The van der Waals surface area contributed by atoms with Crippen molar-refractivity contribution < 1.29 is 28.7 Å². The topological polar surface area (TPSA) is 115 Å². The number of amidine groups is 1. The van der Waals surface area contributed by atoms with Crippen LogP contribution in [0.5, 0.6) is 0 Å². The van der Waals surface area contributed by atoms with Crippen LogP contribution in [-0.4, -0.2) is 48.2 Å². The number of nitrogens with one attached hydrogen (secondary N) is 2. The number of benzene rings is 1. The molecule has 0 radical (unpaired) electrons. The monoisotopic (exact) mass is 407 g/mol. The molecule has 0 aliphatic rings. The number of alkyl carbamates (subject to hydrolysis) is 2. The van der Waals surface area contributed by atoms with Gasteiger partial charge >= 0.3 is 12.2 Å². The van der Waals surface area contributed by atoms with Crippen LogP contribution in [-0.2, 0) is 14.3 Å². The smallest absolute Gasteiger partial charge is 0.413 e. The number of carbonyl (C=O) groups is 3. The quantitative estimate of drug-likeness (QED) is 0.335. The molecule has 9 nitrogen and oxygen atoms in total. The fraction of sp³-hybridized carbons (Fsp3) is 0.500. The highest BCUT2D eigenvalue weighted by molar-refractivity contribution is 6.17. The normalized spacial score (nSPS) is 13.1. The zero-order chi connectivity index (χ0) is 22.2. The highest BCUT2D eigenvalue weighted by Crippen LogP contribution is 2.11. The van der Waals surface area contributed by atoms with Crippen LogP contribution in [0.1, 0.15) is 51.9 Å². The van der Waals surface area contributed by atoms with E-state index in [1.165, 1.54) is 7.11 Å². The Morgan fingerprint density at radius 1 is 0.966 bits per heavy atom. The van der Waals surface area contributed by atoms with Crippen LogP contribution in [0.15, 0.2) is 35.5 Å². The van der Waals surface area contributed by atoms with Gasteiger partial charge in [0.25, 0.3) is 0 Å². The van der Waals surface area contributed by atoms with E-state index in [0.717, 1.165) is 0 Å². The molecule has 9 heteroatoms. The van der Waals surface area contributed by atoms with Crippen molar-refractivity contribution >= 4 is 23.8 Å². The molecule has 1 aromatic rings. The molecule has 0 spiro atoms. The van der Waals surface area contributed by atoms with Crippen LogP contribution in [0.2, 0.25) is 0 Å². The maximum atomic E-state index is 13.0. The number of rotatable bonds is 5. The molecule has 0 fully saturated rings. The van der Waals surface area contributed by atoms with Gasteiger partial charge in [-0.15, -0.1) is 0 Å². The van der Waals surface area contributed by atoms with Gasteiger partial charge in [-0.3, -0.25) is 10.1 Å². The Morgan fingerprint density at radius 3 is 2.03 bits per heavy atom. The van der Waals surface area contributed by atoms with Gasteiger partial charge in [-0.2, -0.15) is 0 Å². The van der Waals surface area contributed by atoms with Gasteiger partial charge in [0.1, 0.15) is 12.7 Å². The van der Waals surface area contributed by atoms with Crippen LogP contribution in [0.25, 0.3) is 0 Å². The van der Waals surface area contributed by atoms with E-state index in [9.17, 15) is 14.4 Å². The summed E-state index contributed by atoms with van der Waals surface area (Å²) in [6.45, 7) is 10.3. The maximum Gasteiger partial charge on any atom is 0.413 e. The van der Waals surface area contributed by atoms with Gasteiger partial charge < -0.3 is 19.6 Å². The van der Waals surface area contributed by atoms with Gasteiger partial charge in [-0.25, -0.2) is 9.59 Å². The summed E-state index contributed by atoms with van der Waals surface area (Å²) < 4.78 is 10.5. The van der Waals surface area contributed by atoms with Crippen molar-refractivity contribution in [3.8, 4) is 0 Å². The summed E-state index contributed by atoms with van der Waals surface area (Å²) in [5, 5.41) is 8.59. The van der Waals surface area contributed by atoms with Crippen LogP contribution in [0.3, 0.4) is 0 Å². The largest absolute Gasteiger partial charge is 0.444 e. The maximum absolute atomic E-state index is 13.0. The minimum Gasteiger partial charge on any atom is -0.444 e. The summed E-state index contributed by atoms with van der Waals surface area (Å²) in [5.41, 5.74) is -1.13. The van der Waals surface area contributed by atoms with Gasteiger partial charge in [0.15, 0.2) is 0 Å². The average molecular weight is 407 g/mol. The van der Waals surface area contributed by atoms with Gasteiger partial charge in [0.2, 0.25) is 17.7 Å². The Balaban J connectivity index is 3.20. The number of hydrogen-bond donors (Lipinski definition) is 2. The molecule has 0 aliphatic carbocycles. The Kier molecular flexibility index (Phi) is 8.17. The molecule has 0 saturated heterocycles. The number of nitrogens with zero attached hydrogens (tertiary/aromatic N) is 1. The molecule has 0 heterocycles. The van der Waals surface area contributed by atoms with Gasteiger partial charge in [0, 0.05) is 11.1 Å². The fourth-order valence-corrected chi connectivity index (χ4v) is 2.07. The summed E-state index contributed by atoms with van der Waals surface area (Å²) in [6.07, 6.45) is -3.30. The second-order valence-electron chi connectivity index (χ2n) is 8.18. The summed E-state index contributed by atoms with van der Waals surface area (Å²) in [4.78, 5) is 42.2. The zero-order valence-electron chi connectivity index (χ0n) is 17.9. The van der Waals surface area contributed by atoms with Crippen molar-refractivity contribution in [2.45, 2.75) is 58.8 Å². The van der Waals surface area contributed by atoms with Crippen molar-refractivity contribution in [2.75, 3.05) is 7.11 Å². The number of ketones is 1. The second-order valence-corrected chi connectivity index (χ2v) is 8.18. The molecular formula is C20H29N3O6. The number of amides is 2. The van der Waals surface area contributed by atoms with E-state index in [4.69, 9.17) is 14.3 Å². The average Bonchev–Trinajstić information content (AvgIpc) is 2.56. The number of hydrogen-bond acceptors (Lipinski definition) is 7. The molecule has 160 valence electrons. The summed E-state index contributed by atoms with van der Waals surface area (Å²) in [6, 6.07) is 8.17. The van der Waals surface area contributed by atoms with E-state index in [1.807, 2.05) is 0 Å². The van der Waals surface area contributed by atoms with Crippen molar-refractivity contribution in [3.63, 3.8) is 0 Å². The van der Waals surface area contributed by atoms with E-state index >= 15 is 0 Å². The summed E-state index contributed by atoms with van der Waals surface area (Å²) >= 11 is 0. The highest BCUT2D eigenvalue weighted by Gasteiger charge is 2.33. The molecule has 0 aliphatic heterocycles. The number of Topliss-reactive ketones (excluding diaryl/α,β-unsaturated/α-hetero) is 1. The Labute approximate surface area is 170 Å². The Bertz CT molecular complexity index is 748. The van der Waals surface area contributed by atoms with Gasteiger partial charge in [0.05, 0.1) is 0 Å². The van der Waals surface area contributed by atoms with Crippen LogP contribution in [0, 0.1) is 0 Å². The van der Waals surface area contributed by atoms with E-state index in [1.54, 1.807) is 71.9 Å². The predicted molar refractivity (Wildman–Crippen MR) is 108 cm³/mol. The van der Waals surface area contributed by atoms with E-state index in [2.05, 4.69) is 15.8 Å². The lowest BCUT2D eigenvalue weighted by Crippen LogP contribution is -2.50. The van der Waals surface area contributed by atoms with Crippen molar-refractivity contribution in [1.82, 2.24) is 10.6 Å².